The lowest BCUT2D eigenvalue weighted by Gasteiger charge is -2.30. The van der Waals surface area contributed by atoms with Gasteiger partial charge in [0.2, 0.25) is 0 Å². The van der Waals surface area contributed by atoms with Crippen LogP contribution in [-0.4, -0.2) is 27.2 Å². The number of hydrogen-bond donors (Lipinski definition) is 3. The highest BCUT2D eigenvalue weighted by Gasteiger charge is 2.24. The van der Waals surface area contributed by atoms with E-state index in [1.54, 1.807) is 6.07 Å². The number of rotatable bonds is 6. The Morgan fingerprint density at radius 3 is 2.65 bits per heavy atom. The SMILES string of the molecule is CCC(CC)(CO)NCc1nc2ccccc2c(=O)[nH]1. The number of nitrogens with zero attached hydrogens (tertiary/aromatic N) is 1. The minimum Gasteiger partial charge on any atom is -0.394 e. The van der Waals surface area contributed by atoms with Crippen LogP contribution in [0.2, 0.25) is 0 Å². The van der Waals surface area contributed by atoms with E-state index in [2.05, 4.69) is 15.3 Å². The molecular formula is C15H21N3O2. The fourth-order valence-electron chi connectivity index (χ4n) is 2.27. The number of H-pyrrole nitrogens is 1. The third kappa shape index (κ3) is 2.89. The summed E-state index contributed by atoms with van der Waals surface area (Å²) in [4.78, 5) is 19.2. The van der Waals surface area contributed by atoms with Crippen LogP contribution >= 0.6 is 0 Å². The first-order valence-electron chi connectivity index (χ1n) is 6.98. The van der Waals surface area contributed by atoms with E-state index in [1.807, 2.05) is 32.0 Å². The summed E-state index contributed by atoms with van der Waals surface area (Å²) in [7, 11) is 0. The Hall–Kier alpha value is -1.72. The van der Waals surface area contributed by atoms with Gasteiger partial charge >= 0.3 is 0 Å². The zero-order chi connectivity index (χ0) is 14.6. The Labute approximate surface area is 118 Å². The van der Waals surface area contributed by atoms with Crippen molar-refractivity contribution >= 4 is 10.9 Å². The first kappa shape index (κ1) is 14.7. The number of nitrogens with one attached hydrogen (secondary N) is 2. The molecule has 0 atom stereocenters. The second-order valence-electron chi connectivity index (χ2n) is 5.03. The molecule has 0 saturated heterocycles. The summed E-state index contributed by atoms with van der Waals surface area (Å²) in [5, 5.41) is 13.4. The molecule has 0 radical (unpaired) electrons. The predicted octanol–water partition coefficient (Wildman–Crippen LogP) is 1.56. The van der Waals surface area contributed by atoms with Crippen LogP contribution in [0.1, 0.15) is 32.5 Å². The third-order valence-corrected chi connectivity index (χ3v) is 3.95. The molecule has 20 heavy (non-hydrogen) atoms. The zero-order valence-electron chi connectivity index (χ0n) is 11.9. The summed E-state index contributed by atoms with van der Waals surface area (Å²) in [5.41, 5.74) is 0.246. The lowest BCUT2D eigenvalue weighted by molar-refractivity contribution is 0.148. The third-order valence-electron chi connectivity index (χ3n) is 3.95. The van der Waals surface area contributed by atoms with Crippen molar-refractivity contribution in [2.75, 3.05) is 6.61 Å². The quantitative estimate of drug-likeness (QED) is 0.747. The number of benzene rings is 1. The molecule has 0 unspecified atom stereocenters. The predicted molar refractivity (Wildman–Crippen MR) is 79.6 cm³/mol. The van der Waals surface area contributed by atoms with E-state index in [9.17, 15) is 9.90 Å². The first-order valence-corrected chi connectivity index (χ1v) is 6.98. The van der Waals surface area contributed by atoms with E-state index in [4.69, 9.17) is 0 Å². The van der Waals surface area contributed by atoms with Crippen molar-refractivity contribution in [3.63, 3.8) is 0 Å². The van der Waals surface area contributed by atoms with Gasteiger partial charge in [-0.05, 0) is 25.0 Å². The Morgan fingerprint density at radius 1 is 1.30 bits per heavy atom. The Morgan fingerprint density at radius 2 is 2.00 bits per heavy atom. The van der Waals surface area contributed by atoms with Gasteiger partial charge in [-0.25, -0.2) is 4.98 Å². The fourth-order valence-corrected chi connectivity index (χ4v) is 2.27. The van der Waals surface area contributed by atoms with Crippen molar-refractivity contribution in [2.24, 2.45) is 0 Å². The molecule has 108 valence electrons. The fraction of sp³-hybridized carbons (Fsp3) is 0.467. The lowest BCUT2D eigenvalue weighted by Crippen LogP contribution is -2.47. The summed E-state index contributed by atoms with van der Waals surface area (Å²) in [6.45, 7) is 4.56. The van der Waals surface area contributed by atoms with Gasteiger partial charge in [-0.15, -0.1) is 0 Å². The Bertz CT molecular complexity index is 624. The van der Waals surface area contributed by atoms with E-state index in [0.29, 0.717) is 23.3 Å². The van der Waals surface area contributed by atoms with Gasteiger partial charge in [-0.2, -0.15) is 0 Å². The van der Waals surface area contributed by atoms with Crippen LogP contribution < -0.4 is 10.9 Å². The van der Waals surface area contributed by atoms with Gasteiger partial charge in [0.25, 0.3) is 5.56 Å². The number of aromatic nitrogens is 2. The molecule has 2 aromatic rings. The molecule has 0 fully saturated rings. The average Bonchev–Trinajstić information content (AvgIpc) is 2.49. The van der Waals surface area contributed by atoms with Crippen LogP contribution in [0.3, 0.4) is 0 Å². The lowest BCUT2D eigenvalue weighted by atomic mass is 9.94. The van der Waals surface area contributed by atoms with Crippen LogP contribution in [-0.2, 0) is 6.54 Å². The van der Waals surface area contributed by atoms with Crippen LogP contribution in [0.15, 0.2) is 29.1 Å². The molecule has 0 aliphatic carbocycles. The molecule has 0 spiro atoms. The maximum absolute atomic E-state index is 12.0. The molecule has 1 aromatic heterocycles. The van der Waals surface area contributed by atoms with Crippen molar-refractivity contribution in [2.45, 2.75) is 38.8 Å². The molecule has 0 aliphatic rings. The maximum Gasteiger partial charge on any atom is 0.258 e. The number of aliphatic hydroxyl groups excluding tert-OH is 1. The van der Waals surface area contributed by atoms with Crippen LogP contribution in [0.25, 0.3) is 10.9 Å². The number of para-hydroxylation sites is 1. The molecule has 5 heteroatoms. The number of aliphatic hydroxyl groups is 1. The summed E-state index contributed by atoms with van der Waals surface area (Å²) >= 11 is 0. The highest BCUT2D eigenvalue weighted by molar-refractivity contribution is 5.77. The van der Waals surface area contributed by atoms with Gasteiger partial charge < -0.3 is 15.4 Å². The van der Waals surface area contributed by atoms with Gasteiger partial charge in [0.15, 0.2) is 0 Å². The molecule has 2 rings (SSSR count). The molecular weight excluding hydrogens is 254 g/mol. The minimum atomic E-state index is -0.315. The molecule has 3 N–H and O–H groups in total. The molecule has 0 aliphatic heterocycles. The number of aromatic amines is 1. The maximum atomic E-state index is 12.0. The number of fused-ring (bicyclic) bond motifs is 1. The van der Waals surface area contributed by atoms with Crippen molar-refractivity contribution in [3.05, 3.63) is 40.4 Å². The average molecular weight is 275 g/mol. The normalized spacial score (nSPS) is 11.9. The van der Waals surface area contributed by atoms with E-state index in [1.165, 1.54) is 0 Å². The van der Waals surface area contributed by atoms with E-state index in [-0.39, 0.29) is 17.7 Å². The van der Waals surface area contributed by atoms with Crippen LogP contribution in [0.4, 0.5) is 0 Å². The molecule has 1 aromatic carbocycles. The molecule has 1 heterocycles. The highest BCUT2D eigenvalue weighted by Crippen LogP contribution is 2.14. The van der Waals surface area contributed by atoms with Gasteiger partial charge in [0, 0.05) is 5.54 Å². The zero-order valence-corrected chi connectivity index (χ0v) is 11.9. The minimum absolute atomic E-state index is 0.0673. The van der Waals surface area contributed by atoms with Gasteiger partial charge in [-0.3, -0.25) is 4.79 Å². The first-order chi connectivity index (χ1) is 9.64. The van der Waals surface area contributed by atoms with Crippen LogP contribution in [0.5, 0.6) is 0 Å². The van der Waals surface area contributed by atoms with Crippen molar-refractivity contribution in [1.29, 1.82) is 0 Å². The summed E-state index contributed by atoms with van der Waals surface area (Å²) in [5.74, 6) is 0.591. The molecule has 0 amide bonds. The largest absolute Gasteiger partial charge is 0.394 e. The van der Waals surface area contributed by atoms with Crippen molar-refractivity contribution in [1.82, 2.24) is 15.3 Å². The van der Waals surface area contributed by atoms with Gasteiger partial charge in [0.05, 0.1) is 24.1 Å². The Kier molecular flexibility index (Phi) is 4.52. The van der Waals surface area contributed by atoms with Gasteiger partial charge in [0.1, 0.15) is 5.82 Å². The molecule has 5 nitrogen and oxygen atoms in total. The molecule has 0 saturated carbocycles. The summed E-state index contributed by atoms with van der Waals surface area (Å²) in [6, 6.07) is 7.27. The monoisotopic (exact) mass is 275 g/mol. The van der Waals surface area contributed by atoms with Crippen molar-refractivity contribution < 1.29 is 5.11 Å². The Balaban J connectivity index is 2.24. The van der Waals surface area contributed by atoms with Gasteiger partial charge in [-0.1, -0.05) is 26.0 Å². The molecule has 0 bridgehead atoms. The van der Waals surface area contributed by atoms with Crippen molar-refractivity contribution in [3.8, 4) is 0 Å². The van der Waals surface area contributed by atoms with E-state index < -0.39 is 0 Å². The number of hydrogen-bond acceptors (Lipinski definition) is 4. The second-order valence-corrected chi connectivity index (χ2v) is 5.03. The topological polar surface area (TPSA) is 78.0 Å². The second kappa shape index (κ2) is 6.15. The smallest absolute Gasteiger partial charge is 0.258 e. The van der Waals surface area contributed by atoms with E-state index >= 15 is 0 Å². The van der Waals surface area contributed by atoms with E-state index in [0.717, 1.165) is 12.8 Å². The summed E-state index contributed by atoms with van der Waals surface area (Å²) in [6.07, 6.45) is 1.63. The standard InChI is InChI=1S/C15H21N3O2/c1-3-15(4-2,10-19)16-9-13-17-12-8-6-5-7-11(12)14(20)18-13/h5-8,16,19H,3-4,9-10H2,1-2H3,(H,17,18,20). The highest BCUT2D eigenvalue weighted by atomic mass is 16.3. The van der Waals surface area contributed by atoms with Crippen LogP contribution in [0, 0.1) is 0 Å². The summed E-state index contributed by atoms with van der Waals surface area (Å²) < 4.78 is 0.